The normalized spacial score (nSPS) is 16.4. The summed E-state index contributed by atoms with van der Waals surface area (Å²) in [5.41, 5.74) is 2.30. The van der Waals surface area contributed by atoms with Gasteiger partial charge in [0.05, 0.1) is 24.8 Å². The Kier molecular flexibility index (Phi) is 5.17. The number of hydrogen-bond acceptors (Lipinski definition) is 5. The van der Waals surface area contributed by atoms with Gasteiger partial charge < -0.3 is 14.2 Å². The highest BCUT2D eigenvalue weighted by Gasteiger charge is 2.32. The van der Waals surface area contributed by atoms with Gasteiger partial charge in [0.1, 0.15) is 18.5 Å². The Balaban J connectivity index is 1.61. The third kappa shape index (κ3) is 4.08. The molecule has 1 heterocycles. The average molecular weight is 338 g/mol. The van der Waals surface area contributed by atoms with Crippen molar-refractivity contribution in [1.29, 1.82) is 5.26 Å². The first-order chi connectivity index (χ1) is 12.2. The lowest BCUT2D eigenvalue weighted by Crippen LogP contribution is -2.25. The highest BCUT2D eigenvalue weighted by atomic mass is 16.6. The highest BCUT2D eigenvalue weighted by Crippen LogP contribution is 2.23. The summed E-state index contributed by atoms with van der Waals surface area (Å²) < 4.78 is 16.0. The van der Waals surface area contributed by atoms with Gasteiger partial charge in [0.25, 0.3) is 0 Å². The molecule has 1 unspecified atom stereocenters. The Morgan fingerprint density at radius 1 is 1.28 bits per heavy atom. The Morgan fingerprint density at radius 2 is 2.08 bits per heavy atom. The third-order valence-corrected chi connectivity index (χ3v) is 3.84. The average Bonchev–Trinajstić information content (AvgIpc) is 3.01. The summed E-state index contributed by atoms with van der Waals surface area (Å²) in [7, 11) is 1.58. The van der Waals surface area contributed by atoms with Crippen molar-refractivity contribution in [3.8, 4) is 11.8 Å². The van der Waals surface area contributed by atoms with Gasteiger partial charge in [-0.15, -0.1) is 0 Å². The van der Waals surface area contributed by atoms with Crippen LogP contribution in [0.5, 0.6) is 5.75 Å². The zero-order valence-electron chi connectivity index (χ0n) is 13.8. The topological polar surface area (TPSA) is 71.8 Å². The van der Waals surface area contributed by atoms with Crippen LogP contribution in [0.3, 0.4) is 0 Å². The van der Waals surface area contributed by atoms with E-state index in [2.05, 4.69) is 6.07 Å². The molecule has 0 aromatic heterocycles. The van der Waals surface area contributed by atoms with Crippen LogP contribution in [0, 0.1) is 11.3 Å². The monoisotopic (exact) mass is 338 g/mol. The van der Waals surface area contributed by atoms with Crippen LogP contribution in [-0.2, 0) is 16.1 Å². The van der Waals surface area contributed by atoms with E-state index in [4.69, 9.17) is 19.5 Å². The van der Waals surface area contributed by atoms with Crippen LogP contribution in [0.1, 0.15) is 11.1 Å². The predicted molar refractivity (Wildman–Crippen MR) is 91.4 cm³/mol. The van der Waals surface area contributed by atoms with Crippen molar-refractivity contribution in [2.75, 3.05) is 25.2 Å². The largest absolute Gasteiger partial charge is 0.489 e. The summed E-state index contributed by atoms with van der Waals surface area (Å²) in [6, 6.07) is 16.6. The second-order valence-electron chi connectivity index (χ2n) is 5.67. The van der Waals surface area contributed by atoms with Crippen molar-refractivity contribution in [2.24, 2.45) is 0 Å². The van der Waals surface area contributed by atoms with E-state index in [0.717, 1.165) is 11.3 Å². The number of benzene rings is 2. The summed E-state index contributed by atoms with van der Waals surface area (Å²) >= 11 is 0. The molecule has 2 aromatic rings. The van der Waals surface area contributed by atoms with Crippen LogP contribution in [0.4, 0.5) is 10.5 Å². The van der Waals surface area contributed by atoms with E-state index in [1.807, 2.05) is 30.3 Å². The predicted octanol–water partition coefficient (Wildman–Crippen LogP) is 3.11. The fourth-order valence-corrected chi connectivity index (χ4v) is 2.60. The Hall–Kier alpha value is -3.04. The second-order valence-corrected chi connectivity index (χ2v) is 5.67. The van der Waals surface area contributed by atoms with Crippen LogP contribution in [0.2, 0.25) is 0 Å². The Morgan fingerprint density at radius 3 is 2.80 bits per heavy atom. The molecule has 0 bridgehead atoms. The Labute approximate surface area is 146 Å². The van der Waals surface area contributed by atoms with Crippen molar-refractivity contribution < 1.29 is 19.0 Å². The van der Waals surface area contributed by atoms with E-state index in [9.17, 15) is 4.79 Å². The van der Waals surface area contributed by atoms with Gasteiger partial charge in [0.15, 0.2) is 0 Å². The smallest absolute Gasteiger partial charge is 0.414 e. The lowest BCUT2D eigenvalue weighted by molar-refractivity contribution is 0.0718. The van der Waals surface area contributed by atoms with Crippen molar-refractivity contribution in [2.45, 2.75) is 12.7 Å². The minimum absolute atomic E-state index is 0.243. The number of cyclic esters (lactones) is 1. The molecule has 3 rings (SSSR count). The minimum atomic E-state index is -0.362. The molecule has 1 amide bonds. The molecule has 1 fully saturated rings. The Bertz CT molecular complexity index is 783. The van der Waals surface area contributed by atoms with Gasteiger partial charge in [-0.3, -0.25) is 4.90 Å². The summed E-state index contributed by atoms with van der Waals surface area (Å²) in [6.45, 7) is 1.24. The van der Waals surface area contributed by atoms with E-state index in [-0.39, 0.29) is 12.2 Å². The molecular weight excluding hydrogens is 320 g/mol. The van der Waals surface area contributed by atoms with Crippen LogP contribution in [0.15, 0.2) is 48.5 Å². The number of ether oxygens (including phenoxy) is 3. The molecule has 6 nitrogen and oxygen atoms in total. The number of hydrogen-bond donors (Lipinski definition) is 0. The maximum Gasteiger partial charge on any atom is 0.414 e. The van der Waals surface area contributed by atoms with E-state index in [1.54, 1.807) is 30.2 Å². The number of nitrogens with zero attached hydrogens (tertiary/aromatic N) is 2. The first-order valence-corrected chi connectivity index (χ1v) is 7.88. The van der Waals surface area contributed by atoms with Gasteiger partial charge in [0.2, 0.25) is 0 Å². The summed E-state index contributed by atoms with van der Waals surface area (Å²) in [5.74, 6) is 0.647. The van der Waals surface area contributed by atoms with Crippen LogP contribution < -0.4 is 9.64 Å². The van der Waals surface area contributed by atoms with Crippen molar-refractivity contribution in [1.82, 2.24) is 0 Å². The standard InChI is InChI=1S/C19H18N2O4/c1-23-13-18-11-21(19(22)25-18)16-7-5-14(6-8-16)12-24-17-4-2-3-15(9-17)10-20/h2-9,18H,11-13H2,1H3. The highest BCUT2D eigenvalue weighted by molar-refractivity contribution is 5.89. The molecule has 0 radical (unpaired) electrons. The fourth-order valence-electron chi connectivity index (χ4n) is 2.60. The number of nitriles is 1. The summed E-state index contributed by atoms with van der Waals surface area (Å²) in [4.78, 5) is 13.5. The molecule has 0 saturated carbocycles. The number of anilines is 1. The summed E-state index contributed by atoms with van der Waals surface area (Å²) in [5, 5.41) is 8.90. The molecule has 0 N–H and O–H groups in total. The van der Waals surface area contributed by atoms with Gasteiger partial charge in [-0.2, -0.15) is 5.26 Å². The molecular formula is C19H18N2O4. The maximum absolute atomic E-state index is 11.9. The van der Waals surface area contributed by atoms with Gasteiger partial charge in [0, 0.05) is 12.8 Å². The van der Waals surface area contributed by atoms with Crippen molar-refractivity contribution >= 4 is 11.8 Å². The van der Waals surface area contributed by atoms with Crippen molar-refractivity contribution in [3.05, 3.63) is 59.7 Å². The lowest BCUT2D eigenvalue weighted by Gasteiger charge is -2.14. The first-order valence-electron chi connectivity index (χ1n) is 7.88. The second kappa shape index (κ2) is 7.69. The summed E-state index contributed by atoms with van der Waals surface area (Å²) in [6.07, 6.45) is -0.604. The van der Waals surface area contributed by atoms with Gasteiger partial charge >= 0.3 is 6.09 Å². The fraction of sp³-hybridized carbons (Fsp3) is 0.263. The molecule has 1 atom stereocenters. The van der Waals surface area contributed by atoms with Crippen LogP contribution >= 0.6 is 0 Å². The number of carbonyl (C=O) groups is 1. The van der Waals surface area contributed by atoms with E-state index >= 15 is 0 Å². The number of rotatable bonds is 6. The van der Waals surface area contributed by atoms with Crippen LogP contribution in [0.25, 0.3) is 0 Å². The van der Waals surface area contributed by atoms with Gasteiger partial charge in [-0.25, -0.2) is 4.79 Å². The molecule has 2 aromatic carbocycles. The van der Waals surface area contributed by atoms with Gasteiger partial charge in [-0.05, 0) is 35.9 Å². The lowest BCUT2D eigenvalue weighted by atomic mass is 10.2. The zero-order chi connectivity index (χ0) is 17.6. The first kappa shape index (κ1) is 16.8. The van der Waals surface area contributed by atoms with E-state index in [1.165, 1.54) is 0 Å². The number of carbonyl (C=O) groups excluding carboxylic acids is 1. The molecule has 25 heavy (non-hydrogen) atoms. The molecule has 6 heteroatoms. The number of amides is 1. The zero-order valence-corrected chi connectivity index (χ0v) is 13.8. The maximum atomic E-state index is 11.9. The van der Waals surface area contributed by atoms with Crippen molar-refractivity contribution in [3.63, 3.8) is 0 Å². The SMILES string of the molecule is COCC1CN(c2ccc(COc3cccc(C#N)c3)cc2)C(=O)O1. The van der Waals surface area contributed by atoms with Gasteiger partial charge in [-0.1, -0.05) is 18.2 Å². The number of methoxy groups -OCH3 is 1. The minimum Gasteiger partial charge on any atom is -0.489 e. The molecule has 1 saturated heterocycles. The molecule has 0 aliphatic carbocycles. The third-order valence-electron chi connectivity index (χ3n) is 3.84. The van der Waals surface area contributed by atoms with Crippen LogP contribution in [-0.4, -0.2) is 32.5 Å². The van der Waals surface area contributed by atoms with E-state index < -0.39 is 0 Å². The molecule has 128 valence electrons. The quantitative estimate of drug-likeness (QED) is 0.809. The molecule has 1 aliphatic rings. The van der Waals surface area contributed by atoms with E-state index in [0.29, 0.717) is 31.1 Å². The molecule has 1 aliphatic heterocycles. The molecule has 0 spiro atoms.